The summed E-state index contributed by atoms with van der Waals surface area (Å²) in [6.07, 6.45) is 1.61. The second kappa shape index (κ2) is 2.36. The SMILES string of the molecule is Clc1cc2nccc(Cl)n2n1. The van der Waals surface area contributed by atoms with Crippen LogP contribution in [0.2, 0.25) is 10.3 Å². The van der Waals surface area contributed by atoms with Gasteiger partial charge in [-0.3, -0.25) is 0 Å². The number of nitrogens with zero attached hydrogens (tertiary/aromatic N) is 3. The molecule has 2 heterocycles. The summed E-state index contributed by atoms with van der Waals surface area (Å²) in [5.74, 6) is 0. The first-order valence-electron chi connectivity index (χ1n) is 2.93. The lowest BCUT2D eigenvalue weighted by Crippen LogP contribution is -1.89. The van der Waals surface area contributed by atoms with E-state index in [4.69, 9.17) is 23.2 Å². The number of aromatic nitrogens is 3. The Labute approximate surface area is 72.6 Å². The van der Waals surface area contributed by atoms with Crippen LogP contribution < -0.4 is 0 Å². The van der Waals surface area contributed by atoms with Gasteiger partial charge in [0.25, 0.3) is 0 Å². The smallest absolute Gasteiger partial charge is 0.158 e. The average Bonchev–Trinajstić information content (AvgIpc) is 2.31. The fraction of sp³-hybridized carbons (Fsp3) is 0. The molecular weight excluding hydrogens is 185 g/mol. The van der Waals surface area contributed by atoms with Crippen molar-refractivity contribution in [3.63, 3.8) is 0 Å². The lowest BCUT2D eigenvalue weighted by atomic mass is 10.6. The minimum absolute atomic E-state index is 0.394. The Bertz CT molecular complexity index is 396. The van der Waals surface area contributed by atoms with Crippen LogP contribution >= 0.6 is 23.2 Å². The van der Waals surface area contributed by atoms with Gasteiger partial charge in [0.2, 0.25) is 0 Å². The molecule has 0 atom stereocenters. The Hall–Kier alpha value is -0.800. The van der Waals surface area contributed by atoms with E-state index >= 15 is 0 Å². The highest BCUT2D eigenvalue weighted by Crippen LogP contribution is 2.13. The molecular formula is C6H3Cl2N3. The zero-order valence-electron chi connectivity index (χ0n) is 5.33. The molecule has 0 N–H and O–H groups in total. The summed E-state index contributed by atoms with van der Waals surface area (Å²) in [5, 5.41) is 4.80. The zero-order chi connectivity index (χ0) is 7.84. The molecule has 0 aliphatic rings. The normalized spacial score (nSPS) is 10.7. The van der Waals surface area contributed by atoms with Crippen molar-refractivity contribution in [2.45, 2.75) is 0 Å². The quantitative estimate of drug-likeness (QED) is 0.592. The Morgan fingerprint density at radius 3 is 2.91 bits per heavy atom. The van der Waals surface area contributed by atoms with Gasteiger partial charge in [-0.05, 0) is 6.07 Å². The van der Waals surface area contributed by atoms with Crippen LogP contribution in [-0.4, -0.2) is 14.6 Å². The Kier molecular flexibility index (Phi) is 1.47. The van der Waals surface area contributed by atoms with E-state index in [1.165, 1.54) is 4.52 Å². The zero-order valence-corrected chi connectivity index (χ0v) is 6.84. The van der Waals surface area contributed by atoms with Crippen LogP contribution in [0.3, 0.4) is 0 Å². The van der Waals surface area contributed by atoms with E-state index in [0.29, 0.717) is 16.0 Å². The van der Waals surface area contributed by atoms with Gasteiger partial charge in [0.15, 0.2) is 10.8 Å². The van der Waals surface area contributed by atoms with Crippen LogP contribution in [0.15, 0.2) is 18.3 Å². The minimum atomic E-state index is 0.394. The molecule has 2 aromatic rings. The van der Waals surface area contributed by atoms with E-state index in [-0.39, 0.29) is 0 Å². The summed E-state index contributed by atoms with van der Waals surface area (Å²) < 4.78 is 1.48. The van der Waals surface area contributed by atoms with Gasteiger partial charge < -0.3 is 0 Å². The summed E-state index contributed by atoms with van der Waals surface area (Å²) >= 11 is 11.4. The topological polar surface area (TPSA) is 30.2 Å². The first-order chi connectivity index (χ1) is 5.27. The molecule has 0 aliphatic carbocycles. The number of hydrogen-bond acceptors (Lipinski definition) is 2. The summed E-state index contributed by atoms with van der Waals surface area (Å²) in [6, 6.07) is 3.30. The van der Waals surface area contributed by atoms with Gasteiger partial charge >= 0.3 is 0 Å². The van der Waals surface area contributed by atoms with Crippen LogP contribution in [-0.2, 0) is 0 Å². The van der Waals surface area contributed by atoms with E-state index in [1.807, 2.05) is 0 Å². The minimum Gasteiger partial charge on any atom is -0.237 e. The lowest BCUT2D eigenvalue weighted by molar-refractivity contribution is 0.940. The van der Waals surface area contributed by atoms with Gasteiger partial charge in [-0.2, -0.15) is 5.10 Å². The molecule has 11 heavy (non-hydrogen) atoms. The molecule has 3 nitrogen and oxygen atoms in total. The first-order valence-corrected chi connectivity index (χ1v) is 3.69. The second-order valence-corrected chi connectivity index (χ2v) is 2.78. The van der Waals surface area contributed by atoms with Crippen molar-refractivity contribution in [2.24, 2.45) is 0 Å². The summed E-state index contributed by atoms with van der Waals surface area (Å²) in [5.41, 5.74) is 0.655. The van der Waals surface area contributed by atoms with Gasteiger partial charge in [0.1, 0.15) is 5.15 Å². The van der Waals surface area contributed by atoms with Crippen LogP contribution in [0.1, 0.15) is 0 Å². The molecule has 0 saturated carbocycles. The van der Waals surface area contributed by atoms with Crippen molar-refractivity contribution in [3.8, 4) is 0 Å². The number of fused-ring (bicyclic) bond motifs is 1. The van der Waals surface area contributed by atoms with Gasteiger partial charge in [-0.25, -0.2) is 9.50 Å². The molecule has 0 spiro atoms. The fourth-order valence-electron chi connectivity index (χ4n) is 0.838. The molecule has 0 fully saturated rings. The second-order valence-electron chi connectivity index (χ2n) is 2.00. The predicted molar refractivity (Wildman–Crippen MR) is 43.0 cm³/mol. The fourth-order valence-corrected chi connectivity index (χ4v) is 1.19. The number of rotatable bonds is 0. The first kappa shape index (κ1) is 6.88. The third-order valence-electron chi connectivity index (χ3n) is 1.28. The van der Waals surface area contributed by atoms with Gasteiger partial charge in [-0.15, -0.1) is 0 Å². The van der Waals surface area contributed by atoms with E-state index in [0.717, 1.165) is 0 Å². The van der Waals surface area contributed by atoms with Crippen molar-refractivity contribution >= 4 is 28.8 Å². The Morgan fingerprint density at radius 1 is 1.36 bits per heavy atom. The highest BCUT2D eigenvalue weighted by molar-refractivity contribution is 6.31. The van der Waals surface area contributed by atoms with Gasteiger partial charge in [0, 0.05) is 12.3 Å². The molecule has 0 aliphatic heterocycles. The van der Waals surface area contributed by atoms with E-state index in [1.54, 1.807) is 18.3 Å². The van der Waals surface area contributed by atoms with Crippen LogP contribution in [0, 0.1) is 0 Å². The van der Waals surface area contributed by atoms with Gasteiger partial charge in [-0.1, -0.05) is 23.2 Å². The number of halogens is 2. The third-order valence-corrected chi connectivity index (χ3v) is 1.75. The highest BCUT2D eigenvalue weighted by atomic mass is 35.5. The highest BCUT2D eigenvalue weighted by Gasteiger charge is 2.01. The maximum Gasteiger partial charge on any atom is 0.158 e. The molecule has 5 heteroatoms. The summed E-state index contributed by atoms with van der Waals surface area (Å²) in [6.45, 7) is 0. The van der Waals surface area contributed by atoms with Crippen molar-refractivity contribution in [1.82, 2.24) is 14.6 Å². The molecule has 0 radical (unpaired) electrons. The molecule has 0 aromatic carbocycles. The number of hydrogen-bond donors (Lipinski definition) is 0. The summed E-state index contributed by atoms with van der Waals surface area (Å²) in [7, 11) is 0. The Balaban J connectivity index is 2.90. The average molecular weight is 188 g/mol. The van der Waals surface area contributed by atoms with Crippen molar-refractivity contribution < 1.29 is 0 Å². The lowest BCUT2D eigenvalue weighted by Gasteiger charge is -1.92. The maximum absolute atomic E-state index is 5.77. The predicted octanol–water partition coefficient (Wildman–Crippen LogP) is 2.04. The maximum atomic E-state index is 5.77. The Morgan fingerprint density at radius 2 is 2.18 bits per heavy atom. The standard InChI is InChI=1S/C6H3Cl2N3/c7-4-3-6-9-2-1-5(8)11(6)10-4/h1-3H. The molecule has 56 valence electrons. The van der Waals surface area contributed by atoms with E-state index < -0.39 is 0 Å². The van der Waals surface area contributed by atoms with Crippen LogP contribution in [0.25, 0.3) is 5.65 Å². The molecule has 0 unspecified atom stereocenters. The van der Waals surface area contributed by atoms with Crippen molar-refractivity contribution in [1.29, 1.82) is 0 Å². The van der Waals surface area contributed by atoms with Gasteiger partial charge in [0.05, 0.1) is 0 Å². The van der Waals surface area contributed by atoms with E-state index in [9.17, 15) is 0 Å². The largest absolute Gasteiger partial charge is 0.237 e. The van der Waals surface area contributed by atoms with Crippen molar-refractivity contribution in [3.05, 3.63) is 28.6 Å². The third kappa shape index (κ3) is 1.06. The molecule has 0 bridgehead atoms. The monoisotopic (exact) mass is 187 g/mol. The molecule has 0 saturated heterocycles. The van der Waals surface area contributed by atoms with E-state index in [2.05, 4.69) is 10.1 Å². The molecule has 2 rings (SSSR count). The summed E-state index contributed by atoms with van der Waals surface area (Å²) in [4.78, 5) is 3.99. The molecule has 2 aromatic heterocycles. The van der Waals surface area contributed by atoms with Crippen molar-refractivity contribution in [2.75, 3.05) is 0 Å². The molecule has 0 amide bonds. The van der Waals surface area contributed by atoms with Crippen LogP contribution in [0.5, 0.6) is 0 Å². The van der Waals surface area contributed by atoms with Crippen LogP contribution in [0.4, 0.5) is 0 Å².